The van der Waals surface area contributed by atoms with Gasteiger partial charge in [0.25, 0.3) is 5.91 Å². The Morgan fingerprint density at radius 3 is 2.71 bits per heavy atom. The van der Waals surface area contributed by atoms with E-state index in [4.69, 9.17) is 16.3 Å². The molecule has 2 heterocycles. The Kier molecular flexibility index (Phi) is 6.36. The van der Waals surface area contributed by atoms with E-state index >= 15 is 0 Å². The van der Waals surface area contributed by atoms with Crippen molar-refractivity contribution in [2.75, 3.05) is 6.54 Å². The molecule has 0 aliphatic rings. The Hall–Kier alpha value is -2.38. The second kappa shape index (κ2) is 8.75. The third-order valence-electron chi connectivity index (χ3n) is 4.26. The molecule has 0 saturated carbocycles. The van der Waals surface area contributed by atoms with Crippen molar-refractivity contribution in [2.24, 2.45) is 0 Å². The van der Waals surface area contributed by atoms with Crippen molar-refractivity contribution in [1.82, 2.24) is 15.1 Å². The standard InChI is InChI=1S/C20H22ClN3O3S/c1-4-9-22-18(25)13(3)27-20(26)17-10-16-12(2)23-24(19(16)28-17)11-14-5-7-15(21)8-6-14/h5-8,10,13H,4,9,11H2,1-3H3,(H,22,25)/t13-/m0/s1. The maximum atomic E-state index is 12.5. The minimum atomic E-state index is -0.837. The van der Waals surface area contributed by atoms with E-state index in [1.54, 1.807) is 13.0 Å². The van der Waals surface area contributed by atoms with Crippen molar-refractivity contribution in [3.8, 4) is 0 Å². The summed E-state index contributed by atoms with van der Waals surface area (Å²) in [7, 11) is 0. The van der Waals surface area contributed by atoms with Gasteiger partial charge in [-0.1, -0.05) is 30.7 Å². The molecule has 0 aliphatic carbocycles. The molecule has 0 aliphatic heterocycles. The SMILES string of the molecule is CCCNC(=O)[C@H](C)OC(=O)c1cc2c(C)nn(Cc3ccc(Cl)cc3)c2s1. The number of carbonyl (C=O) groups excluding carboxylic acids is 2. The highest BCUT2D eigenvalue weighted by Crippen LogP contribution is 2.29. The van der Waals surface area contributed by atoms with Crippen LogP contribution in [-0.4, -0.2) is 34.3 Å². The molecule has 0 fully saturated rings. The Labute approximate surface area is 172 Å². The zero-order valence-corrected chi connectivity index (χ0v) is 17.6. The highest BCUT2D eigenvalue weighted by molar-refractivity contribution is 7.20. The zero-order chi connectivity index (χ0) is 20.3. The lowest BCUT2D eigenvalue weighted by atomic mass is 10.2. The fourth-order valence-corrected chi connectivity index (χ4v) is 3.92. The van der Waals surface area contributed by atoms with Crippen molar-refractivity contribution in [3.05, 3.63) is 51.5 Å². The molecule has 28 heavy (non-hydrogen) atoms. The first-order valence-corrected chi connectivity index (χ1v) is 10.3. The van der Waals surface area contributed by atoms with Gasteiger partial charge >= 0.3 is 5.97 Å². The number of thiophene rings is 1. The fraction of sp³-hybridized carbons (Fsp3) is 0.350. The van der Waals surface area contributed by atoms with Crippen molar-refractivity contribution in [3.63, 3.8) is 0 Å². The van der Waals surface area contributed by atoms with Gasteiger partial charge in [0.05, 0.1) is 12.2 Å². The second-order valence-electron chi connectivity index (χ2n) is 6.54. The number of ether oxygens (including phenoxy) is 1. The Bertz CT molecular complexity index is 994. The van der Waals surface area contributed by atoms with E-state index in [1.807, 2.05) is 42.8 Å². The molecule has 0 bridgehead atoms. The summed E-state index contributed by atoms with van der Waals surface area (Å²) < 4.78 is 7.19. The summed E-state index contributed by atoms with van der Waals surface area (Å²) in [5.41, 5.74) is 1.90. The van der Waals surface area contributed by atoms with Gasteiger partial charge in [-0.15, -0.1) is 11.3 Å². The van der Waals surface area contributed by atoms with Crippen LogP contribution >= 0.6 is 22.9 Å². The van der Waals surface area contributed by atoms with Gasteiger partial charge in [-0.3, -0.25) is 9.48 Å². The van der Waals surface area contributed by atoms with Crippen LogP contribution in [0.1, 0.15) is 41.2 Å². The van der Waals surface area contributed by atoms with Crippen molar-refractivity contribution >= 4 is 45.0 Å². The van der Waals surface area contributed by atoms with Crippen molar-refractivity contribution in [2.45, 2.75) is 39.8 Å². The summed E-state index contributed by atoms with van der Waals surface area (Å²) in [6.07, 6.45) is -0.0116. The van der Waals surface area contributed by atoms with E-state index in [2.05, 4.69) is 10.4 Å². The lowest BCUT2D eigenvalue weighted by Gasteiger charge is -2.12. The van der Waals surface area contributed by atoms with Crippen LogP contribution in [0.4, 0.5) is 0 Å². The van der Waals surface area contributed by atoms with E-state index < -0.39 is 12.1 Å². The van der Waals surface area contributed by atoms with Crippen LogP contribution in [0.5, 0.6) is 0 Å². The van der Waals surface area contributed by atoms with Crippen LogP contribution < -0.4 is 5.32 Å². The number of halogens is 1. The molecule has 2 aromatic heterocycles. The highest BCUT2D eigenvalue weighted by atomic mass is 35.5. The van der Waals surface area contributed by atoms with Gasteiger partial charge < -0.3 is 10.1 Å². The number of rotatable bonds is 7. The molecule has 0 radical (unpaired) electrons. The van der Waals surface area contributed by atoms with Crippen LogP contribution in [0, 0.1) is 6.92 Å². The predicted octanol–water partition coefficient (Wildman–Crippen LogP) is 4.18. The summed E-state index contributed by atoms with van der Waals surface area (Å²) in [4.78, 5) is 25.7. The van der Waals surface area contributed by atoms with Crippen LogP contribution in [0.3, 0.4) is 0 Å². The molecule has 1 atom stereocenters. The number of fused-ring (bicyclic) bond motifs is 1. The normalized spacial score (nSPS) is 12.1. The third-order valence-corrected chi connectivity index (χ3v) is 5.64. The number of nitrogens with zero attached hydrogens (tertiary/aromatic N) is 2. The first-order valence-electron chi connectivity index (χ1n) is 9.09. The molecule has 0 spiro atoms. The maximum absolute atomic E-state index is 12.5. The van der Waals surface area contributed by atoms with E-state index in [0.717, 1.165) is 27.9 Å². The van der Waals surface area contributed by atoms with Crippen LogP contribution in [0.25, 0.3) is 10.2 Å². The number of hydrogen-bond acceptors (Lipinski definition) is 5. The van der Waals surface area contributed by atoms with E-state index in [9.17, 15) is 9.59 Å². The number of amides is 1. The average Bonchev–Trinajstić information content (AvgIpc) is 3.23. The van der Waals surface area contributed by atoms with Gasteiger partial charge in [-0.2, -0.15) is 5.10 Å². The molecule has 8 heteroatoms. The Morgan fingerprint density at radius 2 is 2.04 bits per heavy atom. The fourth-order valence-electron chi connectivity index (χ4n) is 2.75. The van der Waals surface area contributed by atoms with Gasteiger partial charge in [0, 0.05) is 17.0 Å². The van der Waals surface area contributed by atoms with Crippen LogP contribution in [0.2, 0.25) is 5.02 Å². The number of nitrogens with one attached hydrogen (secondary N) is 1. The number of esters is 1. The van der Waals surface area contributed by atoms with E-state index in [-0.39, 0.29) is 5.91 Å². The molecule has 3 rings (SSSR count). The van der Waals surface area contributed by atoms with Crippen LogP contribution in [-0.2, 0) is 16.1 Å². The second-order valence-corrected chi connectivity index (χ2v) is 8.00. The molecule has 1 N–H and O–H groups in total. The topological polar surface area (TPSA) is 73.2 Å². The number of aryl methyl sites for hydroxylation is 1. The molecule has 3 aromatic rings. The lowest BCUT2D eigenvalue weighted by molar-refractivity contribution is -0.129. The number of benzene rings is 1. The lowest BCUT2D eigenvalue weighted by Crippen LogP contribution is -2.36. The quantitative estimate of drug-likeness (QED) is 0.583. The number of aromatic nitrogens is 2. The molecule has 0 unspecified atom stereocenters. The highest BCUT2D eigenvalue weighted by Gasteiger charge is 2.22. The monoisotopic (exact) mass is 419 g/mol. The molecule has 1 amide bonds. The van der Waals surface area contributed by atoms with Gasteiger partial charge in [0.2, 0.25) is 0 Å². The van der Waals surface area contributed by atoms with Crippen molar-refractivity contribution in [1.29, 1.82) is 0 Å². The third kappa shape index (κ3) is 4.54. The molecule has 0 saturated heterocycles. The Morgan fingerprint density at radius 1 is 1.32 bits per heavy atom. The molecule has 6 nitrogen and oxygen atoms in total. The summed E-state index contributed by atoms with van der Waals surface area (Å²) in [6.45, 7) is 6.58. The van der Waals surface area contributed by atoms with Crippen molar-refractivity contribution < 1.29 is 14.3 Å². The molecule has 148 valence electrons. The number of carbonyl (C=O) groups is 2. The minimum absolute atomic E-state index is 0.290. The van der Waals surface area contributed by atoms with E-state index in [0.29, 0.717) is 23.0 Å². The van der Waals surface area contributed by atoms with Crippen LogP contribution in [0.15, 0.2) is 30.3 Å². The van der Waals surface area contributed by atoms with Gasteiger partial charge in [-0.05, 0) is 44.0 Å². The molecule has 1 aromatic carbocycles. The van der Waals surface area contributed by atoms with Gasteiger partial charge in [0.1, 0.15) is 9.71 Å². The number of hydrogen-bond donors (Lipinski definition) is 1. The largest absolute Gasteiger partial charge is 0.448 e. The summed E-state index contributed by atoms with van der Waals surface area (Å²) >= 11 is 7.26. The smallest absolute Gasteiger partial charge is 0.349 e. The first-order chi connectivity index (χ1) is 13.4. The average molecular weight is 420 g/mol. The summed E-state index contributed by atoms with van der Waals surface area (Å²) in [5.74, 6) is -0.792. The summed E-state index contributed by atoms with van der Waals surface area (Å²) in [6, 6.07) is 9.36. The molecular weight excluding hydrogens is 398 g/mol. The minimum Gasteiger partial charge on any atom is -0.448 e. The predicted molar refractivity (Wildman–Crippen MR) is 111 cm³/mol. The zero-order valence-electron chi connectivity index (χ0n) is 16.0. The van der Waals surface area contributed by atoms with Gasteiger partial charge in [-0.25, -0.2) is 4.79 Å². The molecular formula is C20H22ClN3O3S. The van der Waals surface area contributed by atoms with Gasteiger partial charge in [0.15, 0.2) is 6.10 Å². The van der Waals surface area contributed by atoms with E-state index in [1.165, 1.54) is 11.3 Å². The summed E-state index contributed by atoms with van der Waals surface area (Å²) in [5, 5.41) is 8.89. The first kappa shape index (κ1) is 20.4. The maximum Gasteiger partial charge on any atom is 0.349 e. The Balaban J connectivity index is 1.77.